The van der Waals surface area contributed by atoms with E-state index in [4.69, 9.17) is 10.5 Å². The highest BCUT2D eigenvalue weighted by atomic mass is 16.5. The molecule has 0 radical (unpaired) electrons. The second-order valence-corrected chi connectivity index (χ2v) is 5.61. The minimum Gasteiger partial charge on any atom is -0.496 e. The van der Waals surface area contributed by atoms with E-state index in [9.17, 15) is 0 Å². The fourth-order valence-electron chi connectivity index (χ4n) is 2.82. The van der Waals surface area contributed by atoms with Gasteiger partial charge in [0.25, 0.3) is 0 Å². The molecular formula is C15H24N2O. The standard InChI is InChI=1S/C15H24N2O/c1-17(2)10-12-5-6-14(18-3)13(9-12)15(11-16)7-4-8-15/h5-6,9H,4,7-8,10-11,16H2,1-3H3. The highest BCUT2D eigenvalue weighted by Crippen LogP contribution is 2.46. The molecule has 0 atom stereocenters. The van der Waals surface area contributed by atoms with Crippen LogP contribution in [0.1, 0.15) is 30.4 Å². The first-order valence-electron chi connectivity index (χ1n) is 6.63. The third-order valence-corrected chi connectivity index (χ3v) is 4.04. The summed E-state index contributed by atoms with van der Waals surface area (Å²) >= 11 is 0. The highest BCUT2D eigenvalue weighted by molar-refractivity contribution is 5.44. The van der Waals surface area contributed by atoms with Gasteiger partial charge in [0, 0.05) is 24.1 Å². The Morgan fingerprint density at radius 1 is 1.33 bits per heavy atom. The van der Waals surface area contributed by atoms with Crippen molar-refractivity contribution in [3.05, 3.63) is 29.3 Å². The van der Waals surface area contributed by atoms with Crippen molar-refractivity contribution >= 4 is 0 Å². The molecule has 1 saturated carbocycles. The van der Waals surface area contributed by atoms with E-state index in [1.54, 1.807) is 7.11 Å². The van der Waals surface area contributed by atoms with Gasteiger partial charge in [-0.15, -0.1) is 0 Å². The zero-order valence-corrected chi connectivity index (χ0v) is 11.7. The Balaban J connectivity index is 2.36. The molecule has 0 bridgehead atoms. The molecule has 1 fully saturated rings. The zero-order valence-electron chi connectivity index (χ0n) is 11.7. The quantitative estimate of drug-likeness (QED) is 0.867. The fourth-order valence-corrected chi connectivity index (χ4v) is 2.82. The van der Waals surface area contributed by atoms with Crippen LogP contribution in [0.15, 0.2) is 18.2 Å². The normalized spacial score (nSPS) is 17.6. The zero-order chi connectivity index (χ0) is 13.2. The molecule has 0 amide bonds. The van der Waals surface area contributed by atoms with E-state index in [0.29, 0.717) is 0 Å². The maximum absolute atomic E-state index is 6.01. The Labute approximate surface area is 110 Å². The van der Waals surface area contributed by atoms with Gasteiger partial charge >= 0.3 is 0 Å². The third kappa shape index (κ3) is 2.38. The first-order valence-corrected chi connectivity index (χ1v) is 6.63. The molecule has 0 saturated heterocycles. The molecule has 0 spiro atoms. The average Bonchev–Trinajstić information content (AvgIpc) is 2.28. The van der Waals surface area contributed by atoms with Crippen molar-refractivity contribution in [3.63, 3.8) is 0 Å². The van der Waals surface area contributed by atoms with Crippen molar-refractivity contribution in [3.8, 4) is 5.75 Å². The predicted octanol–water partition coefficient (Wildman–Crippen LogP) is 2.14. The maximum Gasteiger partial charge on any atom is 0.122 e. The van der Waals surface area contributed by atoms with Crippen LogP contribution in [0.5, 0.6) is 5.75 Å². The summed E-state index contributed by atoms with van der Waals surface area (Å²) in [6.45, 7) is 1.67. The summed E-state index contributed by atoms with van der Waals surface area (Å²) in [5.41, 5.74) is 8.80. The largest absolute Gasteiger partial charge is 0.496 e. The predicted molar refractivity (Wildman–Crippen MR) is 75.0 cm³/mol. The van der Waals surface area contributed by atoms with Crippen molar-refractivity contribution in [2.45, 2.75) is 31.2 Å². The molecule has 0 aromatic heterocycles. The molecule has 0 heterocycles. The van der Waals surface area contributed by atoms with E-state index in [1.807, 2.05) is 0 Å². The van der Waals surface area contributed by atoms with Crippen LogP contribution >= 0.6 is 0 Å². The Kier molecular flexibility index (Phi) is 3.93. The summed E-state index contributed by atoms with van der Waals surface area (Å²) in [4.78, 5) is 2.18. The van der Waals surface area contributed by atoms with Gasteiger partial charge in [-0.05, 0) is 38.6 Å². The molecule has 1 aromatic rings. The Morgan fingerprint density at radius 2 is 2.06 bits per heavy atom. The van der Waals surface area contributed by atoms with Crippen molar-refractivity contribution in [2.24, 2.45) is 5.73 Å². The number of benzene rings is 1. The number of nitrogens with zero attached hydrogens (tertiary/aromatic N) is 1. The fraction of sp³-hybridized carbons (Fsp3) is 0.600. The Bertz CT molecular complexity index is 405. The van der Waals surface area contributed by atoms with Crippen LogP contribution < -0.4 is 10.5 Å². The Hall–Kier alpha value is -1.06. The lowest BCUT2D eigenvalue weighted by molar-refractivity contribution is 0.243. The molecule has 0 unspecified atom stereocenters. The van der Waals surface area contributed by atoms with Crippen molar-refractivity contribution in [2.75, 3.05) is 27.7 Å². The van der Waals surface area contributed by atoms with E-state index < -0.39 is 0 Å². The SMILES string of the molecule is COc1ccc(CN(C)C)cc1C1(CN)CCC1. The average molecular weight is 248 g/mol. The van der Waals surface area contributed by atoms with E-state index >= 15 is 0 Å². The first kappa shape index (κ1) is 13.4. The summed E-state index contributed by atoms with van der Waals surface area (Å²) in [5.74, 6) is 0.989. The van der Waals surface area contributed by atoms with Crippen molar-refractivity contribution < 1.29 is 4.74 Å². The highest BCUT2D eigenvalue weighted by Gasteiger charge is 2.39. The minimum atomic E-state index is 0.160. The van der Waals surface area contributed by atoms with Gasteiger partial charge in [-0.1, -0.05) is 18.6 Å². The van der Waals surface area contributed by atoms with Crippen LogP contribution in [0.25, 0.3) is 0 Å². The summed E-state index contributed by atoms with van der Waals surface area (Å²) in [6, 6.07) is 6.51. The first-order chi connectivity index (χ1) is 8.61. The van der Waals surface area contributed by atoms with Gasteiger partial charge in [0.1, 0.15) is 5.75 Å². The summed E-state index contributed by atoms with van der Waals surface area (Å²) in [6.07, 6.45) is 3.65. The van der Waals surface area contributed by atoms with Gasteiger partial charge in [0.2, 0.25) is 0 Å². The van der Waals surface area contributed by atoms with Crippen LogP contribution in [0.4, 0.5) is 0 Å². The van der Waals surface area contributed by atoms with E-state index in [0.717, 1.165) is 18.8 Å². The number of rotatable bonds is 5. The van der Waals surface area contributed by atoms with Crippen LogP contribution in [-0.4, -0.2) is 32.6 Å². The van der Waals surface area contributed by atoms with Gasteiger partial charge in [-0.25, -0.2) is 0 Å². The number of hydrogen-bond donors (Lipinski definition) is 1. The smallest absolute Gasteiger partial charge is 0.122 e. The summed E-state index contributed by atoms with van der Waals surface area (Å²) in [5, 5.41) is 0. The van der Waals surface area contributed by atoms with Crippen LogP contribution in [0, 0.1) is 0 Å². The number of ether oxygens (including phenoxy) is 1. The molecule has 1 aliphatic rings. The lowest BCUT2D eigenvalue weighted by Gasteiger charge is -2.42. The summed E-state index contributed by atoms with van der Waals surface area (Å²) in [7, 11) is 5.92. The molecular weight excluding hydrogens is 224 g/mol. The van der Waals surface area contributed by atoms with Crippen molar-refractivity contribution in [1.82, 2.24) is 4.90 Å². The molecule has 18 heavy (non-hydrogen) atoms. The molecule has 2 rings (SSSR count). The van der Waals surface area contributed by atoms with Gasteiger partial charge in [-0.2, -0.15) is 0 Å². The number of methoxy groups -OCH3 is 1. The van der Waals surface area contributed by atoms with E-state index in [1.165, 1.54) is 30.4 Å². The molecule has 3 heteroatoms. The molecule has 2 N–H and O–H groups in total. The second kappa shape index (κ2) is 5.29. The molecule has 100 valence electrons. The molecule has 3 nitrogen and oxygen atoms in total. The summed E-state index contributed by atoms with van der Waals surface area (Å²) < 4.78 is 5.52. The van der Waals surface area contributed by atoms with E-state index in [-0.39, 0.29) is 5.41 Å². The second-order valence-electron chi connectivity index (χ2n) is 5.61. The topological polar surface area (TPSA) is 38.5 Å². The minimum absolute atomic E-state index is 0.160. The van der Waals surface area contributed by atoms with Crippen molar-refractivity contribution in [1.29, 1.82) is 0 Å². The molecule has 1 aromatic carbocycles. The number of nitrogens with two attached hydrogens (primary N) is 1. The molecule has 1 aliphatic carbocycles. The Morgan fingerprint density at radius 3 is 2.50 bits per heavy atom. The van der Waals surface area contributed by atoms with Crippen LogP contribution in [0.2, 0.25) is 0 Å². The maximum atomic E-state index is 6.01. The van der Waals surface area contributed by atoms with Crippen LogP contribution in [-0.2, 0) is 12.0 Å². The third-order valence-electron chi connectivity index (χ3n) is 4.04. The van der Waals surface area contributed by atoms with Gasteiger partial charge < -0.3 is 15.4 Å². The lowest BCUT2D eigenvalue weighted by Crippen LogP contribution is -2.41. The van der Waals surface area contributed by atoms with Gasteiger partial charge in [0.05, 0.1) is 7.11 Å². The van der Waals surface area contributed by atoms with Gasteiger partial charge in [0.15, 0.2) is 0 Å². The van der Waals surface area contributed by atoms with Crippen LogP contribution in [0.3, 0.4) is 0 Å². The monoisotopic (exact) mass is 248 g/mol. The van der Waals surface area contributed by atoms with E-state index in [2.05, 4.69) is 37.2 Å². The molecule has 0 aliphatic heterocycles. The number of hydrogen-bond acceptors (Lipinski definition) is 3. The van der Waals surface area contributed by atoms with Gasteiger partial charge in [-0.3, -0.25) is 0 Å². The lowest BCUT2D eigenvalue weighted by atomic mass is 9.64.